The van der Waals surface area contributed by atoms with E-state index in [1.54, 1.807) is 12.2 Å². The fraction of sp³-hybridized carbons (Fsp3) is 0. The van der Waals surface area contributed by atoms with Crippen molar-refractivity contribution < 1.29 is 0 Å². The second kappa shape index (κ2) is 12.6. The van der Waals surface area contributed by atoms with Gasteiger partial charge in [-0.15, -0.1) is 10.2 Å². The Balaban J connectivity index is 2.67. The molecule has 1 aliphatic heterocycles. The summed E-state index contributed by atoms with van der Waals surface area (Å²) >= 11 is 0. The number of nitrogens with zero attached hydrogens (tertiary/aromatic N) is 4. The third-order valence-corrected chi connectivity index (χ3v) is 1.89. The highest BCUT2D eigenvalue weighted by atomic mass is 15.4. The van der Waals surface area contributed by atoms with Crippen molar-refractivity contribution in [2.24, 2.45) is 20.7 Å². The molecule has 0 aromatic rings. The van der Waals surface area contributed by atoms with Gasteiger partial charge in [0.25, 0.3) is 0 Å². The molecular weight excluding hydrogens is 248 g/mol. The number of rotatable bonds is 0. The first-order valence-corrected chi connectivity index (χ1v) is 6.12. The SMILES string of the molecule is C1=C\C=C\C=C\C=C\C=C/N=NN=N\C=C/C=C/C=C/1. The molecule has 0 N–H and O–H groups in total. The van der Waals surface area contributed by atoms with Gasteiger partial charge in [0.1, 0.15) is 0 Å². The van der Waals surface area contributed by atoms with Crippen molar-refractivity contribution in [3.05, 3.63) is 97.5 Å². The van der Waals surface area contributed by atoms with Gasteiger partial charge >= 0.3 is 0 Å². The maximum absolute atomic E-state index is 3.68. The Morgan fingerprint density at radius 3 is 0.850 bits per heavy atom. The summed E-state index contributed by atoms with van der Waals surface area (Å²) in [6.07, 6.45) is 29.6. The van der Waals surface area contributed by atoms with Crippen molar-refractivity contribution in [3.8, 4) is 0 Å². The Labute approximate surface area is 119 Å². The van der Waals surface area contributed by atoms with Crippen molar-refractivity contribution in [2.45, 2.75) is 0 Å². The van der Waals surface area contributed by atoms with Crippen LogP contribution in [0.25, 0.3) is 0 Å². The molecule has 0 fully saturated rings. The number of allylic oxidation sites excluding steroid dienone is 14. The van der Waals surface area contributed by atoms with Crippen molar-refractivity contribution >= 4 is 0 Å². The molecule has 0 spiro atoms. The standard InChI is InChI=1S/C16H16N4/c1-2-4-6-8-10-12-14-16-18-20-19-17-15-13-11-9-7-5-3-1/h1-16H/b2-1?,3-1-,4-2+,5-3?,6-4?,7-5+,8-6+,9-7?,10-8?,11-9+,12-10+,13-11?,14-12?,15-13-,16-14-,17-15?,18-16?,19-17?,20-18?,20-19?. The molecule has 100 valence electrons. The highest BCUT2D eigenvalue weighted by Gasteiger charge is 1.67. The quantitative estimate of drug-likeness (QED) is 0.578. The molecule has 0 aromatic carbocycles. The van der Waals surface area contributed by atoms with Gasteiger partial charge in [-0.25, -0.2) is 0 Å². The first-order chi connectivity index (χ1) is 10.0. The predicted octanol–water partition coefficient (Wildman–Crippen LogP) is 5.18. The maximum Gasteiger partial charge on any atom is 0.0514 e. The topological polar surface area (TPSA) is 49.4 Å². The number of hydrogen-bond donors (Lipinski definition) is 0. The molecule has 4 heteroatoms. The Bertz CT molecular complexity index is 333. The molecule has 0 aliphatic carbocycles. The van der Waals surface area contributed by atoms with Gasteiger partial charge in [-0.1, -0.05) is 72.9 Å². The highest BCUT2D eigenvalue weighted by molar-refractivity contribution is 5.21. The van der Waals surface area contributed by atoms with Crippen LogP contribution in [-0.2, 0) is 0 Å². The Morgan fingerprint density at radius 2 is 0.550 bits per heavy atom. The van der Waals surface area contributed by atoms with E-state index in [0.717, 1.165) is 0 Å². The van der Waals surface area contributed by atoms with Crippen LogP contribution in [0.4, 0.5) is 0 Å². The average molecular weight is 264 g/mol. The van der Waals surface area contributed by atoms with Crippen LogP contribution in [0.5, 0.6) is 0 Å². The van der Waals surface area contributed by atoms with Crippen molar-refractivity contribution in [1.82, 2.24) is 0 Å². The van der Waals surface area contributed by atoms with Crippen molar-refractivity contribution in [1.29, 1.82) is 0 Å². The van der Waals surface area contributed by atoms with E-state index in [2.05, 4.69) is 20.7 Å². The molecule has 1 aliphatic rings. The molecule has 20 heavy (non-hydrogen) atoms. The summed E-state index contributed by atoms with van der Waals surface area (Å²) in [5, 5.41) is 14.4. The van der Waals surface area contributed by atoms with E-state index in [1.165, 1.54) is 12.4 Å². The van der Waals surface area contributed by atoms with Crippen LogP contribution in [0.2, 0.25) is 0 Å². The third-order valence-electron chi connectivity index (χ3n) is 1.89. The van der Waals surface area contributed by atoms with Gasteiger partial charge in [-0.3, -0.25) is 0 Å². The Kier molecular flexibility index (Phi) is 9.54. The first kappa shape index (κ1) is 15.2. The minimum absolute atomic E-state index is 1.54. The van der Waals surface area contributed by atoms with E-state index in [0.29, 0.717) is 0 Å². The third kappa shape index (κ3) is 10.3. The Hall–Kier alpha value is -2.88. The monoisotopic (exact) mass is 264 g/mol. The van der Waals surface area contributed by atoms with Gasteiger partial charge in [-0.2, -0.15) is 0 Å². The van der Waals surface area contributed by atoms with Crippen LogP contribution in [0.3, 0.4) is 0 Å². The molecule has 0 radical (unpaired) electrons. The molecule has 0 amide bonds. The molecule has 0 unspecified atom stereocenters. The Morgan fingerprint density at radius 1 is 0.300 bits per heavy atom. The minimum Gasteiger partial charge on any atom is -0.137 e. The molecule has 1 rings (SSSR count). The van der Waals surface area contributed by atoms with Gasteiger partial charge in [0, 0.05) is 0 Å². The summed E-state index contributed by atoms with van der Waals surface area (Å²) < 4.78 is 0. The average Bonchev–Trinajstić information content (AvgIpc) is 2.46. The normalized spacial score (nSPS) is 28.8. The van der Waals surface area contributed by atoms with Crippen LogP contribution < -0.4 is 0 Å². The maximum atomic E-state index is 3.68. The summed E-state index contributed by atoms with van der Waals surface area (Å²) in [5.41, 5.74) is 0. The summed E-state index contributed by atoms with van der Waals surface area (Å²) in [7, 11) is 0. The van der Waals surface area contributed by atoms with Crippen molar-refractivity contribution in [3.63, 3.8) is 0 Å². The largest absolute Gasteiger partial charge is 0.137 e. The molecule has 4 nitrogen and oxygen atoms in total. The van der Waals surface area contributed by atoms with Gasteiger partial charge in [-0.05, 0) is 22.6 Å². The summed E-state index contributed by atoms with van der Waals surface area (Å²) in [4.78, 5) is 0. The lowest BCUT2D eigenvalue weighted by atomic mass is 10.3. The summed E-state index contributed by atoms with van der Waals surface area (Å²) in [6.45, 7) is 0. The molecule has 0 saturated carbocycles. The molecule has 0 bridgehead atoms. The molecule has 0 atom stereocenters. The first-order valence-electron chi connectivity index (χ1n) is 6.12. The second-order valence-corrected chi connectivity index (χ2v) is 3.40. The van der Waals surface area contributed by atoms with Gasteiger partial charge in [0.2, 0.25) is 0 Å². The van der Waals surface area contributed by atoms with Crippen LogP contribution in [0, 0.1) is 0 Å². The zero-order valence-corrected chi connectivity index (χ0v) is 11.0. The van der Waals surface area contributed by atoms with Crippen molar-refractivity contribution in [2.75, 3.05) is 0 Å². The van der Waals surface area contributed by atoms with E-state index in [1.807, 2.05) is 72.9 Å². The lowest BCUT2D eigenvalue weighted by Gasteiger charge is -1.76. The smallest absolute Gasteiger partial charge is 0.0514 e. The molecule has 1 heterocycles. The van der Waals surface area contributed by atoms with E-state index in [4.69, 9.17) is 0 Å². The molecular formula is C16H16N4. The fourth-order valence-electron chi connectivity index (χ4n) is 1.05. The van der Waals surface area contributed by atoms with Crippen LogP contribution in [0.1, 0.15) is 0 Å². The summed E-state index contributed by atoms with van der Waals surface area (Å²) in [6, 6.07) is 0. The predicted molar refractivity (Wildman–Crippen MR) is 82.8 cm³/mol. The highest BCUT2D eigenvalue weighted by Crippen LogP contribution is 1.89. The van der Waals surface area contributed by atoms with Crippen LogP contribution in [-0.4, -0.2) is 0 Å². The zero-order valence-electron chi connectivity index (χ0n) is 11.0. The zero-order chi connectivity index (χ0) is 14.1. The lowest BCUT2D eigenvalue weighted by Crippen LogP contribution is -1.55. The van der Waals surface area contributed by atoms with Gasteiger partial charge in [0.15, 0.2) is 0 Å². The minimum atomic E-state index is 1.54. The van der Waals surface area contributed by atoms with Crippen LogP contribution >= 0.6 is 0 Å². The van der Waals surface area contributed by atoms with Gasteiger partial charge in [0.05, 0.1) is 12.4 Å². The number of hydrogen-bond acceptors (Lipinski definition) is 4. The van der Waals surface area contributed by atoms with E-state index in [-0.39, 0.29) is 0 Å². The second-order valence-electron chi connectivity index (χ2n) is 3.40. The lowest BCUT2D eigenvalue weighted by molar-refractivity contribution is 0.952. The van der Waals surface area contributed by atoms with E-state index < -0.39 is 0 Å². The van der Waals surface area contributed by atoms with E-state index in [9.17, 15) is 0 Å². The van der Waals surface area contributed by atoms with Gasteiger partial charge < -0.3 is 0 Å². The van der Waals surface area contributed by atoms with Crippen LogP contribution in [0.15, 0.2) is 118 Å². The molecule has 0 aromatic heterocycles. The summed E-state index contributed by atoms with van der Waals surface area (Å²) in [5.74, 6) is 0. The van der Waals surface area contributed by atoms with E-state index >= 15 is 0 Å². The molecule has 0 saturated heterocycles. The fourth-order valence-corrected chi connectivity index (χ4v) is 1.05.